The number of hydrogen-bond donors (Lipinski definition) is 0. The molecule has 0 aliphatic rings. The van der Waals surface area contributed by atoms with Crippen LogP contribution in [0, 0.1) is 0 Å². The van der Waals surface area contributed by atoms with Crippen LogP contribution >= 0.6 is 23.4 Å². The second kappa shape index (κ2) is 7.85. The van der Waals surface area contributed by atoms with Gasteiger partial charge in [0.05, 0.1) is 5.75 Å². The lowest BCUT2D eigenvalue weighted by molar-refractivity contribution is 0.528. The van der Waals surface area contributed by atoms with E-state index in [9.17, 15) is 0 Å². The molecule has 0 bridgehead atoms. The third kappa shape index (κ3) is 3.83. The Hall–Kier alpha value is -2.78. The topological polar surface area (TPSA) is 95.4 Å². The van der Waals surface area contributed by atoms with Crippen LogP contribution in [0.5, 0.6) is 0 Å². The molecule has 4 aromatic heterocycles. The maximum Gasteiger partial charge on any atom is 0.247 e. The monoisotopic (exact) mass is 399 g/mol. The largest absolute Gasteiger partial charge is 0.420 e. The van der Waals surface area contributed by atoms with Crippen molar-refractivity contribution >= 4 is 23.4 Å². The van der Waals surface area contributed by atoms with E-state index in [1.165, 1.54) is 11.8 Å². The fraction of sp³-hybridized carbons (Fsp3) is 0.176. The summed E-state index contributed by atoms with van der Waals surface area (Å²) < 4.78 is 7.76. The highest BCUT2D eigenvalue weighted by Crippen LogP contribution is 2.27. The van der Waals surface area contributed by atoms with Gasteiger partial charge < -0.3 is 8.98 Å². The molecule has 0 radical (unpaired) electrons. The smallest absolute Gasteiger partial charge is 0.247 e. The van der Waals surface area contributed by atoms with Crippen LogP contribution in [0.1, 0.15) is 12.8 Å². The molecule has 27 heavy (non-hydrogen) atoms. The molecule has 4 heterocycles. The predicted octanol–water partition coefficient (Wildman–Crippen LogP) is 3.75. The van der Waals surface area contributed by atoms with Crippen molar-refractivity contribution in [2.24, 2.45) is 0 Å². The molecule has 0 aromatic carbocycles. The molecule has 0 aliphatic carbocycles. The van der Waals surface area contributed by atoms with Crippen molar-refractivity contribution in [3.8, 4) is 22.8 Å². The molecule has 136 valence electrons. The van der Waals surface area contributed by atoms with Gasteiger partial charge in [-0.15, -0.1) is 20.4 Å². The van der Waals surface area contributed by atoms with E-state index < -0.39 is 0 Å². The second-order valence-corrected chi connectivity index (χ2v) is 6.77. The van der Waals surface area contributed by atoms with Gasteiger partial charge in [-0.2, -0.15) is 0 Å². The van der Waals surface area contributed by atoms with Crippen molar-refractivity contribution in [1.29, 1.82) is 0 Å². The van der Waals surface area contributed by atoms with Gasteiger partial charge in [0, 0.05) is 36.3 Å². The summed E-state index contributed by atoms with van der Waals surface area (Å²) in [6.07, 6.45) is 5.07. The first-order valence-electron chi connectivity index (χ1n) is 8.15. The summed E-state index contributed by atoms with van der Waals surface area (Å²) in [4.78, 5) is 7.98. The molecule has 10 heteroatoms. The average molecular weight is 400 g/mol. The Balaban J connectivity index is 1.51. The molecule has 4 aromatic rings. The van der Waals surface area contributed by atoms with E-state index >= 15 is 0 Å². The van der Waals surface area contributed by atoms with Crippen molar-refractivity contribution in [2.45, 2.75) is 24.4 Å². The summed E-state index contributed by atoms with van der Waals surface area (Å²) in [6.45, 7) is 2.80. The van der Waals surface area contributed by atoms with E-state index in [0.29, 0.717) is 22.7 Å². The van der Waals surface area contributed by atoms with Gasteiger partial charge in [0.15, 0.2) is 11.0 Å². The van der Waals surface area contributed by atoms with Gasteiger partial charge in [-0.05, 0) is 31.2 Å². The van der Waals surface area contributed by atoms with E-state index in [-0.39, 0.29) is 0 Å². The van der Waals surface area contributed by atoms with Crippen molar-refractivity contribution < 1.29 is 4.42 Å². The summed E-state index contributed by atoms with van der Waals surface area (Å²) in [5, 5.41) is 17.9. The van der Waals surface area contributed by atoms with E-state index in [4.69, 9.17) is 16.0 Å². The minimum absolute atomic E-state index is 0.376. The van der Waals surface area contributed by atoms with Crippen LogP contribution in [0.25, 0.3) is 22.8 Å². The number of nitrogens with zero attached hydrogens (tertiary/aromatic N) is 7. The van der Waals surface area contributed by atoms with Crippen LogP contribution in [-0.2, 0) is 12.3 Å². The zero-order valence-electron chi connectivity index (χ0n) is 14.3. The van der Waals surface area contributed by atoms with Crippen molar-refractivity contribution in [2.75, 3.05) is 0 Å². The van der Waals surface area contributed by atoms with Crippen LogP contribution < -0.4 is 0 Å². The van der Waals surface area contributed by atoms with Crippen LogP contribution in [-0.4, -0.2) is 34.9 Å². The Morgan fingerprint density at radius 1 is 1.04 bits per heavy atom. The molecule has 0 N–H and O–H groups in total. The van der Waals surface area contributed by atoms with Gasteiger partial charge in [0.2, 0.25) is 11.8 Å². The molecular formula is C17H14ClN7OS. The normalized spacial score (nSPS) is 11.0. The highest BCUT2D eigenvalue weighted by atomic mass is 35.5. The molecule has 0 unspecified atom stereocenters. The number of hydrogen-bond acceptors (Lipinski definition) is 8. The Bertz CT molecular complexity index is 1050. The Morgan fingerprint density at radius 3 is 2.63 bits per heavy atom. The second-order valence-electron chi connectivity index (χ2n) is 5.44. The maximum absolute atomic E-state index is 5.90. The molecule has 0 spiro atoms. The highest BCUT2D eigenvalue weighted by molar-refractivity contribution is 7.98. The fourth-order valence-electron chi connectivity index (χ4n) is 2.49. The zero-order valence-corrected chi connectivity index (χ0v) is 15.9. The Labute approximate surface area is 164 Å². The Morgan fingerprint density at radius 2 is 1.85 bits per heavy atom. The number of pyridine rings is 2. The molecule has 0 atom stereocenters. The SMILES string of the molecule is CCn1c(SCc2nnc(-c3ccnc(Cl)c3)o2)nnc1-c1ccncc1. The lowest BCUT2D eigenvalue weighted by atomic mass is 10.2. The zero-order chi connectivity index (χ0) is 18.6. The lowest BCUT2D eigenvalue weighted by Gasteiger charge is -2.06. The molecule has 0 aliphatic heterocycles. The van der Waals surface area contributed by atoms with Crippen molar-refractivity contribution in [3.05, 3.63) is 53.9 Å². The standard InChI is InChI=1S/C17H14ClN7OS/c1-2-25-15(11-3-6-19-7-4-11)22-24-17(25)27-10-14-21-23-16(26-14)12-5-8-20-13(18)9-12/h3-9H,2,10H2,1H3. The summed E-state index contributed by atoms with van der Waals surface area (Å²) in [7, 11) is 0. The van der Waals surface area contributed by atoms with E-state index in [0.717, 1.165) is 28.7 Å². The molecule has 0 amide bonds. The van der Waals surface area contributed by atoms with Gasteiger partial charge in [0.1, 0.15) is 5.15 Å². The van der Waals surface area contributed by atoms with Gasteiger partial charge in [-0.1, -0.05) is 23.4 Å². The van der Waals surface area contributed by atoms with Gasteiger partial charge in [-0.3, -0.25) is 4.98 Å². The number of thioether (sulfide) groups is 1. The Kier molecular flexibility index (Phi) is 5.12. The quantitative estimate of drug-likeness (QED) is 0.357. The van der Waals surface area contributed by atoms with E-state index in [2.05, 4.69) is 37.3 Å². The number of halogens is 1. The third-order valence-electron chi connectivity index (χ3n) is 3.74. The highest BCUT2D eigenvalue weighted by Gasteiger charge is 2.15. The molecular weight excluding hydrogens is 386 g/mol. The van der Waals surface area contributed by atoms with Crippen molar-refractivity contribution in [1.82, 2.24) is 34.9 Å². The fourth-order valence-corrected chi connectivity index (χ4v) is 3.50. The first kappa shape index (κ1) is 17.6. The van der Waals surface area contributed by atoms with Crippen LogP contribution in [0.4, 0.5) is 0 Å². The number of aromatic nitrogens is 7. The molecule has 8 nitrogen and oxygen atoms in total. The van der Waals surface area contributed by atoms with E-state index in [1.54, 1.807) is 30.7 Å². The average Bonchev–Trinajstić information content (AvgIpc) is 3.34. The number of rotatable bonds is 6. The predicted molar refractivity (Wildman–Crippen MR) is 101 cm³/mol. The molecule has 4 rings (SSSR count). The van der Waals surface area contributed by atoms with Crippen molar-refractivity contribution in [3.63, 3.8) is 0 Å². The third-order valence-corrected chi connectivity index (χ3v) is 4.89. The molecule has 0 saturated carbocycles. The summed E-state index contributed by atoms with van der Waals surface area (Å²) in [5.74, 6) is 2.20. The first-order valence-corrected chi connectivity index (χ1v) is 9.51. The van der Waals surface area contributed by atoms with Gasteiger partial charge >= 0.3 is 0 Å². The summed E-state index contributed by atoms with van der Waals surface area (Å²) >= 11 is 7.39. The van der Waals surface area contributed by atoms with Crippen LogP contribution in [0.3, 0.4) is 0 Å². The summed E-state index contributed by atoms with van der Waals surface area (Å²) in [6, 6.07) is 7.27. The minimum Gasteiger partial charge on any atom is -0.420 e. The maximum atomic E-state index is 5.90. The molecule has 0 saturated heterocycles. The van der Waals surface area contributed by atoms with Crippen LogP contribution in [0.2, 0.25) is 5.15 Å². The first-order chi connectivity index (χ1) is 13.2. The molecule has 0 fully saturated rings. The minimum atomic E-state index is 0.376. The van der Waals surface area contributed by atoms with Gasteiger partial charge in [0.25, 0.3) is 0 Å². The lowest BCUT2D eigenvalue weighted by Crippen LogP contribution is -2.00. The summed E-state index contributed by atoms with van der Waals surface area (Å²) in [5.41, 5.74) is 1.70. The van der Waals surface area contributed by atoms with Gasteiger partial charge in [-0.25, -0.2) is 4.98 Å². The van der Waals surface area contributed by atoms with E-state index in [1.807, 2.05) is 16.7 Å². The van der Waals surface area contributed by atoms with Crippen LogP contribution in [0.15, 0.2) is 52.4 Å².